The summed E-state index contributed by atoms with van der Waals surface area (Å²) in [5.41, 5.74) is 6.13. The molecule has 2 fully saturated rings. The first-order valence-corrected chi connectivity index (χ1v) is 6.89. The quantitative estimate of drug-likeness (QED) is 0.717. The van der Waals surface area contributed by atoms with Crippen LogP contribution >= 0.6 is 0 Å². The molecule has 2 rings (SSSR count). The summed E-state index contributed by atoms with van der Waals surface area (Å²) in [6.07, 6.45) is 6.84. The molecule has 2 N–H and O–H groups in total. The zero-order valence-corrected chi connectivity index (χ0v) is 10.5. The topological polar surface area (TPSA) is 38.5 Å². The number of hydrogen-bond acceptors (Lipinski definition) is 3. The van der Waals surface area contributed by atoms with Gasteiger partial charge in [0.05, 0.1) is 6.10 Å². The maximum Gasteiger partial charge on any atom is 0.0702 e. The van der Waals surface area contributed by atoms with Gasteiger partial charge in [0.2, 0.25) is 0 Å². The SMILES string of the molecule is CCN(CCC(N)C1CC1)CC1CCCO1. The van der Waals surface area contributed by atoms with Crippen molar-refractivity contribution in [2.75, 3.05) is 26.2 Å². The van der Waals surface area contributed by atoms with E-state index in [0.29, 0.717) is 12.1 Å². The van der Waals surface area contributed by atoms with Gasteiger partial charge < -0.3 is 15.4 Å². The van der Waals surface area contributed by atoms with E-state index in [4.69, 9.17) is 10.5 Å². The smallest absolute Gasteiger partial charge is 0.0702 e. The fourth-order valence-corrected chi connectivity index (χ4v) is 2.55. The monoisotopic (exact) mass is 226 g/mol. The second kappa shape index (κ2) is 5.99. The van der Waals surface area contributed by atoms with Crippen molar-refractivity contribution < 1.29 is 4.74 Å². The maximum absolute atomic E-state index is 6.13. The van der Waals surface area contributed by atoms with Crippen LogP contribution < -0.4 is 5.73 Å². The summed E-state index contributed by atoms with van der Waals surface area (Å²) in [7, 11) is 0. The molecule has 0 spiro atoms. The first-order valence-electron chi connectivity index (χ1n) is 6.89. The van der Waals surface area contributed by atoms with Gasteiger partial charge in [0.1, 0.15) is 0 Å². The van der Waals surface area contributed by atoms with Gasteiger partial charge in [-0.2, -0.15) is 0 Å². The van der Waals surface area contributed by atoms with E-state index in [2.05, 4.69) is 11.8 Å². The summed E-state index contributed by atoms with van der Waals surface area (Å²) >= 11 is 0. The van der Waals surface area contributed by atoms with Crippen LogP contribution in [-0.4, -0.2) is 43.3 Å². The molecule has 3 heteroatoms. The molecule has 0 amide bonds. The van der Waals surface area contributed by atoms with E-state index in [-0.39, 0.29) is 0 Å². The van der Waals surface area contributed by atoms with Crippen molar-refractivity contribution in [2.24, 2.45) is 11.7 Å². The van der Waals surface area contributed by atoms with Crippen LogP contribution in [0.15, 0.2) is 0 Å². The van der Waals surface area contributed by atoms with E-state index >= 15 is 0 Å². The minimum atomic E-state index is 0.443. The first-order chi connectivity index (χ1) is 7.79. The lowest BCUT2D eigenvalue weighted by Crippen LogP contribution is -2.36. The molecule has 1 aliphatic carbocycles. The van der Waals surface area contributed by atoms with E-state index in [1.165, 1.54) is 25.7 Å². The van der Waals surface area contributed by atoms with Crippen molar-refractivity contribution in [3.63, 3.8) is 0 Å². The molecule has 1 saturated carbocycles. The van der Waals surface area contributed by atoms with Gasteiger partial charge in [-0.15, -0.1) is 0 Å². The van der Waals surface area contributed by atoms with Gasteiger partial charge in [-0.05, 0) is 51.1 Å². The Hall–Kier alpha value is -0.120. The Morgan fingerprint density at radius 3 is 2.75 bits per heavy atom. The molecule has 0 aromatic rings. The molecule has 1 saturated heterocycles. The van der Waals surface area contributed by atoms with Crippen molar-refractivity contribution in [1.82, 2.24) is 4.90 Å². The molecule has 0 bridgehead atoms. The summed E-state index contributed by atoms with van der Waals surface area (Å²) in [6.45, 7) is 6.57. The minimum Gasteiger partial charge on any atom is -0.377 e. The minimum absolute atomic E-state index is 0.443. The highest BCUT2D eigenvalue weighted by Crippen LogP contribution is 2.32. The van der Waals surface area contributed by atoms with Crippen LogP contribution in [0.2, 0.25) is 0 Å². The highest BCUT2D eigenvalue weighted by Gasteiger charge is 2.28. The van der Waals surface area contributed by atoms with Crippen molar-refractivity contribution in [3.05, 3.63) is 0 Å². The Morgan fingerprint density at radius 2 is 2.19 bits per heavy atom. The number of hydrogen-bond donors (Lipinski definition) is 1. The van der Waals surface area contributed by atoms with Crippen LogP contribution in [-0.2, 0) is 4.74 Å². The molecule has 2 unspecified atom stereocenters. The first kappa shape index (κ1) is 12.3. The van der Waals surface area contributed by atoms with Crippen molar-refractivity contribution in [3.8, 4) is 0 Å². The second-order valence-electron chi connectivity index (χ2n) is 5.32. The predicted molar refractivity (Wildman–Crippen MR) is 66.4 cm³/mol. The van der Waals surface area contributed by atoms with E-state index < -0.39 is 0 Å². The number of nitrogens with zero attached hydrogens (tertiary/aromatic N) is 1. The molecule has 2 atom stereocenters. The molecule has 1 aliphatic heterocycles. The lowest BCUT2D eigenvalue weighted by molar-refractivity contribution is 0.0737. The largest absolute Gasteiger partial charge is 0.377 e. The average Bonchev–Trinajstić information content (AvgIpc) is 3.03. The number of likely N-dealkylation sites (N-methyl/N-ethyl adjacent to an activating group) is 1. The summed E-state index contributed by atoms with van der Waals surface area (Å²) < 4.78 is 5.68. The van der Waals surface area contributed by atoms with Gasteiger partial charge in [-0.1, -0.05) is 6.92 Å². The summed E-state index contributed by atoms with van der Waals surface area (Å²) in [5, 5.41) is 0. The molecule has 16 heavy (non-hydrogen) atoms. The zero-order valence-electron chi connectivity index (χ0n) is 10.5. The standard InChI is InChI=1S/C13H26N2O/c1-2-15(10-12-4-3-9-16-12)8-7-13(14)11-5-6-11/h11-13H,2-10,14H2,1H3. The molecule has 3 nitrogen and oxygen atoms in total. The number of ether oxygens (including phenoxy) is 1. The predicted octanol–water partition coefficient (Wildman–Crippen LogP) is 1.61. The van der Waals surface area contributed by atoms with Gasteiger partial charge in [0.15, 0.2) is 0 Å². The van der Waals surface area contributed by atoms with Gasteiger partial charge >= 0.3 is 0 Å². The van der Waals surface area contributed by atoms with E-state index in [1.807, 2.05) is 0 Å². The lowest BCUT2D eigenvalue weighted by Gasteiger charge is -2.25. The summed E-state index contributed by atoms with van der Waals surface area (Å²) in [4.78, 5) is 2.50. The second-order valence-corrected chi connectivity index (χ2v) is 5.32. The fraction of sp³-hybridized carbons (Fsp3) is 1.00. The average molecular weight is 226 g/mol. The summed E-state index contributed by atoms with van der Waals surface area (Å²) in [5.74, 6) is 0.835. The molecular formula is C13H26N2O. The van der Waals surface area contributed by atoms with Crippen molar-refractivity contribution in [1.29, 1.82) is 0 Å². The van der Waals surface area contributed by atoms with Gasteiger partial charge in [0.25, 0.3) is 0 Å². The molecule has 94 valence electrons. The van der Waals surface area contributed by atoms with Crippen LogP contribution in [0.5, 0.6) is 0 Å². The third kappa shape index (κ3) is 3.72. The molecule has 2 aliphatic rings. The molecular weight excluding hydrogens is 200 g/mol. The number of rotatable bonds is 7. The Morgan fingerprint density at radius 1 is 1.38 bits per heavy atom. The molecule has 0 aromatic heterocycles. The van der Waals surface area contributed by atoms with Crippen LogP contribution in [0.25, 0.3) is 0 Å². The van der Waals surface area contributed by atoms with E-state index in [1.54, 1.807) is 0 Å². The highest BCUT2D eigenvalue weighted by molar-refractivity contribution is 4.84. The van der Waals surface area contributed by atoms with Gasteiger partial charge in [-0.25, -0.2) is 0 Å². The fourth-order valence-electron chi connectivity index (χ4n) is 2.55. The van der Waals surface area contributed by atoms with Gasteiger partial charge in [-0.3, -0.25) is 0 Å². The third-order valence-corrected chi connectivity index (χ3v) is 3.94. The zero-order chi connectivity index (χ0) is 11.4. The Labute approximate surface area is 99.3 Å². The Kier molecular flexibility index (Phi) is 4.62. The van der Waals surface area contributed by atoms with Crippen LogP contribution in [0, 0.1) is 5.92 Å². The van der Waals surface area contributed by atoms with Crippen LogP contribution in [0.3, 0.4) is 0 Å². The van der Waals surface area contributed by atoms with Crippen LogP contribution in [0.1, 0.15) is 39.0 Å². The lowest BCUT2D eigenvalue weighted by atomic mass is 10.1. The maximum atomic E-state index is 6.13. The molecule has 1 heterocycles. The van der Waals surface area contributed by atoms with Crippen molar-refractivity contribution in [2.45, 2.75) is 51.2 Å². The Balaban J connectivity index is 1.63. The normalized spacial score (nSPS) is 27.6. The Bertz CT molecular complexity index is 200. The van der Waals surface area contributed by atoms with Crippen molar-refractivity contribution >= 4 is 0 Å². The van der Waals surface area contributed by atoms with E-state index in [0.717, 1.165) is 38.6 Å². The van der Waals surface area contributed by atoms with E-state index in [9.17, 15) is 0 Å². The third-order valence-electron chi connectivity index (χ3n) is 3.94. The van der Waals surface area contributed by atoms with Crippen LogP contribution in [0.4, 0.5) is 0 Å². The van der Waals surface area contributed by atoms with Gasteiger partial charge in [0, 0.05) is 19.2 Å². The number of nitrogens with two attached hydrogens (primary N) is 1. The molecule has 0 radical (unpaired) electrons. The summed E-state index contributed by atoms with van der Waals surface area (Å²) in [6, 6.07) is 0.443. The molecule has 0 aromatic carbocycles. The highest BCUT2D eigenvalue weighted by atomic mass is 16.5.